The van der Waals surface area contributed by atoms with E-state index in [0.717, 1.165) is 29.5 Å². The van der Waals surface area contributed by atoms with Gasteiger partial charge >= 0.3 is 0 Å². The van der Waals surface area contributed by atoms with Gasteiger partial charge in [0.25, 0.3) is 0 Å². The van der Waals surface area contributed by atoms with Crippen LogP contribution in [0.2, 0.25) is 0 Å². The fourth-order valence-corrected chi connectivity index (χ4v) is 2.67. The molecule has 20 heavy (non-hydrogen) atoms. The van der Waals surface area contributed by atoms with Crippen LogP contribution in [-0.2, 0) is 19.3 Å². The van der Waals surface area contributed by atoms with Crippen LogP contribution in [0.1, 0.15) is 37.5 Å². The van der Waals surface area contributed by atoms with Crippen LogP contribution in [0, 0.1) is 0 Å². The predicted octanol–water partition coefficient (Wildman–Crippen LogP) is 4.45. The summed E-state index contributed by atoms with van der Waals surface area (Å²) < 4.78 is 0. The van der Waals surface area contributed by atoms with E-state index in [1.165, 1.54) is 11.1 Å². The van der Waals surface area contributed by atoms with Gasteiger partial charge in [0.05, 0.1) is 0 Å². The van der Waals surface area contributed by atoms with Crippen LogP contribution in [0.5, 0.6) is 11.5 Å². The van der Waals surface area contributed by atoms with Crippen LogP contribution in [0.25, 0.3) is 11.1 Å². The zero-order chi connectivity index (χ0) is 14.7. The van der Waals surface area contributed by atoms with Gasteiger partial charge in [-0.05, 0) is 48.1 Å². The molecule has 0 aliphatic rings. The average Bonchev–Trinajstić information content (AvgIpc) is 2.48. The molecule has 2 nitrogen and oxygen atoms in total. The van der Waals surface area contributed by atoms with Gasteiger partial charge in [0.1, 0.15) is 11.5 Å². The molecule has 0 aromatic heterocycles. The van der Waals surface area contributed by atoms with E-state index in [1.54, 1.807) is 12.1 Å². The van der Waals surface area contributed by atoms with Gasteiger partial charge in [-0.15, -0.1) is 0 Å². The molecule has 0 aliphatic carbocycles. The zero-order valence-electron chi connectivity index (χ0n) is 12.4. The van der Waals surface area contributed by atoms with Crippen LogP contribution in [0.4, 0.5) is 0 Å². The van der Waals surface area contributed by atoms with Crippen LogP contribution in [-0.4, -0.2) is 10.2 Å². The maximum Gasteiger partial charge on any atom is 0.123 e. The minimum Gasteiger partial charge on any atom is -0.508 e. The second-order valence-electron chi connectivity index (χ2n) is 5.01. The van der Waals surface area contributed by atoms with E-state index in [9.17, 15) is 10.2 Å². The van der Waals surface area contributed by atoms with Crippen LogP contribution >= 0.6 is 0 Å². The highest BCUT2D eigenvalue weighted by atomic mass is 16.3. The summed E-state index contributed by atoms with van der Waals surface area (Å²) in [6.07, 6.45) is 2.55. The Balaban J connectivity index is 2.76. The maximum absolute atomic E-state index is 10.3. The lowest BCUT2D eigenvalue weighted by Crippen LogP contribution is -1.95. The van der Waals surface area contributed by atoms with Crippen molar-refractivity contribution in [3.63, 3.8) is 0 Å². The molecule has 2 heteroatoms. The van der Waals surface area contributed by atoms with Gasteiger partial charge in [0, 0.05) is 11.1 Å². The Morgan fingerprint density at radius 2 is 1.50 bits per heavy atom. The topological polar surface area (TPSA) is 40.5 Å². The summed E-state index contributed by atoms with van der Waals surface area (Å²) in [6.45, 7) is 6.22. The van der Waals surface area contributed by atoms with E-state index in [4.69, 9.17) is 0 Å². The number of benzene rings is 2. The van der Waals surface area contributed by atoms with Gasteiger partial charge in [-0.1, -0.05) is 39.0 Å². The lowest BCUT2D eigenvalue weighted by atomic mass is 9.90. The second kappa shape index (κ2) is 6.00. The summed E-state index contributed by atoms with van der Waals surface area (Å²) >= 11 is 0. The molecule has 2 rings (SSSR count). The van der Waals surface area contributed by atoms with Gasteiger partial charge in [-0.3, -0.25) is 0 Å². The molecule has 0 atom stereocenters. The molecule has 0 bridgehead atoms. The van der Waals surface area contributed by atoms with Crippen molar-refractivity contribution in [2.75, 3.05) is 0 Å². The summed E-state index contributed by atoms with van der Waals surface area (Å²) in [4.78, 5) is 0. The van der Waals surface area contributed by atoms with E-state index in [0.29, 0.717) is 6.42 Å². The zero-order valence-corrected chi connectivity index (χ0v) is 12.4. The van der Waals surface area contributed by atoms with Crippen molar-refractivity contribution in [3.8, 4) is 22.6 Å². The van der Waals surface area contributed by atoms with E-state index in [1.807, 2.05) is 6.92 Å². The summed E-state index contributed by atoms with van der Waals surface area (Å²) in [5.74, 6) is 0.492. The van der Waals surface area contributed by atoms with E-state index >= 15 is 0 Å². The molecular weight excluding hydrogens is 248 g/mol. The highest BCUT2D eigenvalue weighted by Crippen LogP contribution is 2.40. The Morgan fingerprint density at radius 3 is 2.10 bits per heavy atom. The van der Waals surface area contributed by atoms with Gasteiger partial charge in [-0.2, -0.15) is 0 Å². The largest absolute Gasteiger partial charge is 0.508 e. The molecule has 106 valence electrons. The second-order valence-corrected chi connectivity index (χ2v) is 5.01. The van der Waals surface area contributed by atoms with Crippen molar-refractivity contribution >= 4 is 0 Å². The normalized spacial score (nSPS) is 10.8. The quantitative estimate of drug-likeness (QED) is 0.806. The molecule has 0 spiro atoms. The van der Waals surface area contributed by atoms with Crippen LogP contribution in [0.3, 0.4) is 0 Å². The fraction of sp³-hybridized carbons (Fsp3) is 0.333. The number of rotatable bonds is 4. The first-order chi connectivity index (χ1) is 9.62. The number of hydrogen-bond donors (Lipinski definition) is 2. The van der Waals surface area contributed by atoms with Crippen molar-refractivity contribution in [3.05, 3.63) is 47.0 Å². The minimum absolute atomic E-state index is 0.239. The Hall–Kier alpha value is -1.96. The third-order valence-electron chi connectivity index (χ3n) is 3.85. The summed E-state index contributed by atoms with van der Waals surface area (Å²) in [5, 5.41) is 20.3. The number of hydrogen-bond acceptors (Lipinski definition) is 2. The molecule has 2 aromatic carbocycles. The highest BCUT2D eigenvalue weighted by Gasteiger charge is 2.16. The highest BCUT2D eigenvalue weighted by molar-refractivity contribution is 5.79. The third-order valence-corrected chi connectivity index (χ3v) is 3.85. The molecule has 0 amide bonds. The monoisotopic (exact) mass is 270 g/mol. The first-order valence-electron chi connectivity index (χ1n) is 7.28. The molecule has 2 N–H and O–H groups in total. The molecule has 0 heterocycles. The Bertz CT molecular complexity index is 615. The average molecular weight is 270 g/mol. The molecule has 0 unspecified atom stereocenters. The molecule has 0 radical (unpaired) electrons. The lowest BCUT2D eigenvalue weighted by Gasteiger charge is -2.16. The van der Waals surface area contributed by atoms with Gasteiger partial charge < -0.3 is 10.2 Å². The number of aromatic hydroxyl groups is 2. The SMILES string of the molecule is CCc1ccc(CC)c(-c2c(O)ccc(O)c2CC)c1. The molecule has 2 aromatic rings. The van der Waals surface area contributed by atoms with Gasteiger partial charge in [-0.25, -0.2) is 0 Å². The fourth-order valence-electron chi connectivity index (χ4n) is 2.67. The van der Waals surface area contributed by atoms with Crippen molar-refractivity contribution < 1.29 is 10.2 Å². The number of aryl methyl sites for hydroxylation is 2. The maximum atomic E-state index is 10.3. The van der Waals surface area contributed by atoms with Crippen molar-refractivity contribution in [1.29, 1.82) is 0 Å². The van der Waals surface area contributed by atoms with Crippen LogP contribution in [0.15, 0.2) is 30.3 Å². The Morgan fingerprint density at radius 1 is 0.800 bits per heavy atom. The molecular formula is C18H22O2. The first kappa shape index (κ1) is 14.4. The Labute approximate surface area is 120 Å². The molecule has 0 saturated carbocycles. The van der Waals surface area contributed by atoms with Crippen molar-refractivity contribution in [2.24, 2.45) is 0 Å². The summed E-state index contributed by atoms with van der Waals surface area (Å²) in [7, 11) is 0. The van der Waals surface area contributed by atoms with Gasteiger partial charge in [0.15, 0.2) is 0 Å². The predicted molar refractivity (Wildman–Crippen MR) is 83.3 cm³/mol. The summed E-state index contributed by atoms with van der Waals surface area (Å²) in [5.41, 5.74) is 5.06. The van der Waals surface area contributed by atoms with Crippen LogP contribution < -0.4 is 0 Å². The molecule has 0 aliphatic heterocycles. The minimum atomic E-state index is 0.239. The third kappa shape index (κ3) is 2.51. The van der Waals surface area contributed by atoms with Crippen molar-refractivity contribution in [2.45, 2.75) is 40.0 Å². The van der Waals surface area contributed by atoms with Gasteiger partial charge in [0.2, 0.25) is 0 Å². The lowest BCUT2D eigenvalue weighted by molar-refractivity contribution is 0.456. The molecule has 0 saturated heterocycles. The first-order valence-corrected chi connectivity index (χ1v) is 7.28. The van der Waals surface area contributed by atoms with E-state index in [-0.39, 0.29) is 11.5 Å². The Kier molecular flexibility index (Phi) is 4.33. The van der Waals surface area contributed by atoms with Crippen molar-refractivity contribution in [1.82, 2.24) is 0 Å². The summed E-state index contributed by atoms with van der Waals surface area (Å²) in [6, 6.07) is 9.52. The van der Waals surface area contributed by atoms with E-state index in [2.05, 4.69) is 32.0 Å². The number of phenols is 2. The smallest absolute Gasteiger partial charge is 0.123 e. The standard InChI is InChI=1S/C18H22O2/c1-4-12-7-8-13(5-2)15(11-12)18-14(6-3)16(19)9-10-17(18)20/h7-11,19-20H,4-6H2,1-3H3. The molecule has 0 fully saturated rings. The van der Waals surface area contributed by atoms with E-state index < -0.39 is 0 Å². The number of phenolic OH excluding ortho intramolecular Hbond substituents is 2.